The van der Waals surface area contributed by atoms with E-state index in [0.29, 0.717) is 12.1 Å². The van der Waals surface area contributed by atoms with Gasteiger partial charge in [-0.05, 0) is 71.7 Å². The summed E-state index contributed by atoms with van der Waals surface area (Å²) in [5.41, 5.74) is 1.79. The van der Waals surface area contributed by atoms with Crippen LogP contribution in [0.25, 0.3) is 0 Å². The normalized spacial score (nSPS) is 17.3. The Morgan fingerprint density at radius 1 is 1.12 bits per heavy atom. The Kier molecular flexibility index (Phi) is 5.13. The molecule has 1 atom stereocenters. The van der Waals surface area contributed by atoms with Crippen LogP contribution in [0, 0.1) is 0 Å². The van der Waals surface area contributed by atoms with E-state index < -0.39 is 0 Å². The van der Waals surface area contributed by atoms with Crippen LogP contribution in [0.4, 0.5) is 0 Å². The first-order chi connectivity index (χ1) is 12.7. The van der Waals surface area contributed by atoms with Crippen LogP contribution in [0.15, 0.2) is 46.9 Å². The minimum Gasteiger partial charge on any atom is -0.454 e. The SMILES string of the molecule is O=C(NCC(c1ccc2c(c1)OCO2)N1CCCC1)c1ccccc1Br. The highest BCUT2D eigenvalue weighted by Crippen LogP contribution is 2.36. The molecule has 1 fully saturated rings. The molecule has 2 aliphatic rings. The van der Waals surface area contributed by atoms with Gasteiger partial charge in [0.15, 0.2) is 11.5 Å². The van der Waals surface area contributed by atoms with Crippen molar-refractivity contribution in [1.29, 1.82) is 0 Å². The lowest BCUT2D eigenvalue weighted by molar-refractivity contribution is 0.0937. The fraction of sp³-hybridized carbons (Fsp3) is 0.350. The fourth-order valence-electron chi connectivity index (χ4n) is 3.56. The number of halogens is 1. The Hall–Kier alpha value is -2.05. The molecule has 0 aliphatic carbocycles. The molecule has 136 valence electrons. The number of ether oxygens (including phenoxy) is 2. The summed E-state index contributed by atoms with van der Waals surface area (Å²) in [5.74, 6) is 1.50. The third kappa shape index (κ3) is 3.57. The second-order valence-corrected chi connectivity index (χ2v) is 7.42. The molecule has 2 aliphatic heterocycles. The lowest BCUT2D eigenvalue weighted by Gasteiger charge is -2.28. The van der Waals surface area contributed by atoms with Gasteiger partial charge in [-0.15, -0.1) is 0 Å². The number of amides is 1. The zero-order valence-corrected chi connectivity index (χ0v) is 16.0. The molecular formula is C20H21BrN2O3. The van der Waals surface area contributed by atoms with Crippen molar-refractivity contribution < 1.29 is 14.3 Å². The van der Waals surface area contributed by atoms with Crippen LogP contribution in [-0.4, -0.2) is 37.2 Å². The van der Waals surface area contributed by atoms with Crippen molar-refractivity contribution in [3.63, 3.8) is 0 Å². The molecule has 0 bridgehead atoms. The van der Waals surface area contributed by atoms with Crippen LogP contribution in [0.3, 0.4) is 0 Å². The molecule has 2 aromatic carbocycles. The molecule has 5 nitrogen and oxygen atoms in total. The predicted molar refractivity (Wildman–Crippen MR) is 103 cm³/mol. The molecule has 26 heavy (non-hydrogen) atoms. The quantitative estimate of drug-likeness (QED) is 0.806. The van der Waals surface area contributed by atoms with Crippen molar-refractivity contribution in [3.05, 3.63) is 58.1 Å². The van der Waals surface area contributed by atoms with Gasteiger partial charge in [0.1, 0.15) is 0 Å². The third-order valence-corrected chi connectivity index (χ3v) is 5.63. The molecule has 2 aromatic rings. The number of hydrogen-bond acceptors (Lipinski definition) is 4. The van der Waals surface area contributed by atoms with E-state index in [1.807, 2.05) is 36.4 Å². The smallest absolute Gasteiger partial charge is 0.252 e. The maximum absolute atomic E-state index is 12.6. The van der Waals surface area contributed by atoms with Crippen molar-refractivity contribution in [1.82, 2.24) is 10.2 Å². The van der Waals surface area contributed by atoms with E-state index >= 15 is 0 Å². The van der Waals surface area contributed by atoms with Gasteiger partial charge >= 0.3 is 0 Å². The molecule has 0 saturated carbocycles. The van der Waals surface area contributed by atoms with Crippen LogP contribution in [0.2, 0.25) is 0 Å². The lowest BCUT2D eigenvalue weighted by Crippen LogP contribution is -2.36. The topological polar surface area (TPSA) is 50.8 Å². The predicted octanol–water partition coefficient (Wildman–Crippen LogP) is 3.74. The molecule has 0 radical (unpaired) electrons. The zero-order valence-electron chi connectivity index (χ0n) is 14.4. The molecule has 0 spiro atoms. The van der Waals surface area contributed by atoms with Gasteiger partial charge in [-0.1, -0.05) is 18.2 Å². The third-order valence-electron chi connectivity index (χ3n) is 4.94. The van der Waals surface area contributed by atoms with Gasteiger partial charge in [-0.3, -0.25) is 9.69 Å². The van der Waals surface area contributed by atoms with E-state index in [-0.39, 0.29) is 18.7 Å². The number of nitrogens with zero attached hydrogens (tertiary/aromatic N) is 1. The number of hydrogen-bond donors (Lipinski definition) is 1. The molecule has 0 aromatic heterocycles. The van der Waals surface area contributed by atoms with E-state index in [2.05, 4.69) is 32.2 Å². The average Bonchev–Trinajstić information content (AvgIpc) is 3.33. The molecule has 1 N–H and O–H groups in total. The first-order valence-electron chi connectivity index (χ1n) is 8.89. The highest BCUT2D eigenvalue weighted by Gasteiger charge is 2.26. The Bertz CT molecular complexity index is 805. The van der Waals surface area contributed by atoms with E-state index in [4.69, 9.17) is 9.47 Å². The summed E-state index contributed by atoms with van der Waals surface area (Å²) >= 11 is 3.45. The van der Waals surface area contributed by atoms with Crippen molar-refractivity contribution in [2.75, 3.05) is 26.4 Å². The molecule has 1 amide bonds. The van der Waals surface area contributed by atoms with Crippen LogP contribution in [-0.2, 0) is 0 Å². The Balaban J connectivity index is 1.52. The summed E-state index contributed by atoms with van der Waals surface area (Å²) in [7, 11) is 0. The summed E-state index contributed by atoms with van der Waals surface area (Å²) in [6.45, 7) is 2.92. The number of benzene rings is 2. The number of carbonyl (C=O) groups is 1. The minimum atomic E-state index is -0.0672. The number of carbonyl (C=O) groups excluding carboxylic acids is 1. The number of fused-ring (bicyclic) bond motifs is 1. The fourth-order valence-corrected chi connectivity index (χ4v) is 4.03. The molecule has 6 heteroatoms. The van der Waals surface area contributed by atoms with Gasteiger partial charge in [0.25, 0.3) is 5.91 Å². The Morgan fingerprint density at radius 3 is 2.69 bits per heavy atom. The van der Waals surface area contributed by atoms with E-state index in [1.165, 1.54) is 12.8 Å². The average molecular weight is 417 g/mol. The largest absolute Gasteiger partial charge is 0.454 e. The second kappa shape index (κ2) is 7.68. The molecule has 1 unspecified atom stereocenters. The Labute approximate surface area is 161 Å². The number of rotatable bonds is 5. The van der Waals surface area contributed by atoms with Gasteiger partial charge in [0.05, 0.1) is 11.6 Å². The van der Waals surface area contributed by atoms with Crippen molar-refractivity contribution in [2.24, 2.45) is 0 Å². The summed E-state index contributed by atoms with van der Waals surface area (Å²) in [6, 6.07) is 13.7. The van der Waals surface area contributed by atoms with Crippen LogP contribution >= 0.6 is 15.9 Å². The summed E-state index contributed by atoms with van der Waals surface area (Å²) in [5, 5.41) is 3.10. The standard InChI is InChI=1S/C20H21BrN2O3/c21-16-6-2-1-5-15(16)20(24)22-12-17(23-9-3-4-10-23)14-7-8-18-19(11-14)26-13-25-18/h1-2,5-8,11,17H,3-4,9-10,12-13H2,(H,22,24). The van der Waals surface area contributed by atoms with Crippen LogP contribution in [0.1, 0.15) is 34.8 Å². The summed E-state index contributed by atoms with van der Waals surface area (Å²) in [4.78, 5) is 15.0. The van der Waals surface area contributed by atoms with Gasteiger partial charge in [-0.25, -0.2) is 0 Å². The maximum atomic E-state index is 12.6. The monoisotopic (exact) mass is 416 g/mol. The maximum Gasteiger partial charge on any atom is 0.252 e. The van der Waals surface area contributed by atoms with Gasteiger partial charge in [0.2, 0.25) is 6.79 Å². The van der Waals surface area contributed by atoms with Crippen molar-refractivity contribution in [2.45, 2.75) is 18.9 Å². The van der Waals surface area contributed by atoms with E-state index in [1.54, 1.807) is 0 Å². The second-order valence-electron chi connectivity index (χ2n) is 6.56. The first-order valence-corrected chi connectivity index (χ1v) is 9.68. The zero-order chi connectivity index (χ0) is 17.9. The van der Waals surface area contributed by atoms with E-state index in [0.717, 1.165) is 34.6 Å². The van der Waals surface area contributed by atoms with Crippen LogP contribution < -0.4 is 14.8 Å². The van der Waals surface area contributed by atoms with E-state index in [9.17, 15) is 4.79 Å². The number of likely N-dealkylation sites (tertiary alicyclic amines) is 1. The first kappa shape index (κ1) is 17.4. The van der Waals surface area contributed by atoms with Crippen molar-refractivity contribution >= 4 is 21.8 Å². The lowest BCUT2D eigenvalue weighted by atomic mass is 10.0. The molecule has 1 saturated heterocycles. The van der Waals surface area contributed by atoms with Gasteiger partial charge < -0.3 is 14.8 Å². The highest BCUT2D eigenvalue weighted by atomic mass is 79.9. The molecule has 4 rings (SSSR count). The summed E-state index contributed by atoms with van der Waals surface area (Å²) < 4.78 is 11.7. The Morgan fingerprint density at radius 2 is 1.88 bits per heavy atom. The minimum absolute atomic E-state index is 0.0672. The van der Waals surface area contributed by atoms with Crippen LogP contribution in [0.5, 0.6) is 11.5 Å². The van der Waals surface area contributed by atoms with Gasteiger partial charge in [-0.2, -0.15) is 0 Å². The molecular weight excluding hydrogens is 396 g/mol. The van der Waals surface area contributed by atoms with Crippen molar-refractivity contribution in [3.8, 4) is 11.5 Å². The molecule has 2 heterocycles. The summed E-state index contributed by atoms with van der Waals surface area (Å²) in [6.07, 6.45) is 2.39. The van der Waals surface area contributed by atoms with Gasteiger partial charge in [0, 0.05) is 11.0 Å². The number of nitrogens with one attached hydrogen (secondary N) is 1. The highest BCUT2D eigenvalue weighted by molar-refractivity contribution is 9.10.